The average molecular weight is 335 g/mol. The van der Waals surface area contributed by atoms with Gasteiger partial charge in [-0.15, -0.1) is 6.58 Å². The zero-order valence-corrected chi connectivity index (χ0v) is 13.9. The molecule has 0 aliphatic heterocycles. The number of amides is 1. The third-order valence-electron chi connectivity index (χ3n) is 4.06. The number of carbonyl (C=O) groups is 1. The number of para-hydroxylation sites is 1. The predicted octanol–water partition coefficient (Wildman–Crippen LogP) is 4.04. The van der Waals surface area contributed by atoms with Crippen LogP contribution in [0.1, 0.15) is 21.6 Å². The minimum absolute atomic E-state index is 0.351. The number of benzene rings is 2. The van der Waals surface area contributed by atoms with Crippen LogP contribution < -0.4 is 5.43 Å². The third kappa shape index (κ3) is 3.35. The number of allylic oxidation sites excluding steroid dienone is 1. The maximum atomic E-state index is 12.9. The molecule has 0 atom stereocenters. The number of carbonyl (C=O) groups excluding carboxylic acids is 1. The van der Waals surface area contributed by atoms with Crippen molar-refractivity contribution in [2.75, 3.05) is 0 Å². The van der Waals surface area contributed by atoms with Crippen LogP contribution in [0.25, 0.3) is 10.9 Å². The van der Waals surface area contributed by atoms with Crippen molar-refractivity contribution in [3.8, 4) is 0 Å². The second-order valence-corrected chi connectivity index (χ2v) is 5.62. The van der Waals surface area contributed by atoms with Gasteiger partial charge < -0.3 is 4.57 Å². The van der Waals surface area contributed by atoms with Gasteiger partial charge in [0.25, 0.3) is 5.91 Å². The van der Waals surface area contributed by atoms with Crippen molar-refractivity contribution < 1.29 is 9.18 Å². The van der Waals surface area contributed by atoms with Gasteiger partial charge >= 0.3 is 0 Å². The Morgan fingerprint density at radius 2 is 1.96 bits per heavy atom. The molecule has 4 nitrogen and oxygen atoms in total. The van der Waals surface area contributed by atoms with Gasteiger partial charge in [0.15, 0.2) is 0 Å². The van der Waals surface area contributed by atoms with Gasteiger partial charge in [-0.25, -0.2) is 9.82 Å². The molecular formula is C20H18FN3O. The normalized spacial score (nSPS) is 11.1. The quantitative estimate of drug-likeness (QED) is 0.427. The van der Waals surface area contributed by atoms with Gasteiger partial charge in [-0.05, 0) is 37.3 Å². The fourth-order valence-corrected chi connectivity index (χ4v) is 2.81. The smallest absolute Gasteiger partial charge is 0.271 e. The first-order valence-corrected chi connectivity index (χ1v) is 7.89. The van der Waals surface area contributed by atoms with E-state index in [4.69, 9.17) is 0 Å². The summed E-state index contributed by atoms with van der Waals surface area (Å²) in [5, 5.41) is 5.12. The maximum Gasteiger partial charge on any atom is 0.271 e. The van der Waals surface area contributed by atoms with Gasteiger partial charge in [-0.3, -0.25) is 4.79 Å². The molecule has 0 fully saturated rings. The fourth-order valence-electron chi connectivity index (χ4n) is 2.81. The van der Waals surface area contributed by atoms with Crippen molar-refractivity contribution in [1.82, 2.24) is 9.99 Å². The molecule has 3 aromatic rings. The first-order chi connectivity index (χ1) is 12.1. The van der Waals surface area contributed by atoms with E-state index in [0.29, 0.717) is 12.1 Å². The zero-order chi connectivity index (χ0) is 17.8. The molecule has 0 unspecified atom stereocenters. The van der Waals surface area contributed by atoms with E-state index in [2.05, 4.69) is 21.7 Å². The molecule has 1 aromatic heterocycles. The zero-order valence-electron chi connectivity index (χ0n) is 13.9. The molecule has 0 spiro atoms. The van der Waals surface area contributed by atoms with Crippen LogP contribution in [0.5, 0.6) is 0 Å². The number of hydrogen-bond donors (Lipinski definition) is 1. The number of rotatable bonds is 5. The highest BCUT2D eigenvalue weighted by atomic mass is 19.1. The molecule has 0 saturated heterocycles. The number of hydrogen-bond acceptors (Lipinski definition) is 2. The Balaban J connectivity index is 1.86. The molecule has 2 aromatic carbocycles. The highest BCUT2D eigenvalue weighted by molar-refractivity contribution is 6.02. The summed E-state index contributed by atoms with van der Waals surface area (Å²) < 4.78 is 15.1. The van der Waals surface area contributed by atoms with Crippen molar-refractivity contribution in [3.05, 3.63) is 83.8 Å². The maximum absolute atomic E-state index is 12.9. The third-order valence-corrected chi connectivity index (χ3v) is 4.06. The number of halogens is 1. The second kappa shape index (κ2) is 7.13. The molecule has 126 valence electrons. The first kappa shape index (κ1) is 16.6. The van der Waals surface area contributed by atoms with Crippen LogP contribution in [0.3, 0.4) is 0 Å². The predicted molar refractivity (Wildman–Crippen MR) is 98.3 cm³/mol. The largest absolute Gasteiger partial charge is 0.340 e. The van der Waals surface area contributed by atoms with Crippen LogP contribution >= 0.6 is 0 Å². The monoisotopic (exact) mass is 335 g/mol. The summed E-state index contributed by atoms with van der Waals surface area (Å²) in [4.78, 5) is 12.0. The Morgan fingerprint density at radius 3 is 2.68 bits per heavy atom. The lowest BCUT2D eigenvalue weighted by Crippen LogP contribution is -2.17. The molecule has 1 amide bonds. The standard InChI is InChI=1S/C20H18FN3O/c1-3-12-24-14(2)18(17-6-4-5-7-19(17)24)13-22-23-20(25)15-8-10-16(21)11-9-15/h3-11,13H,1,12H2,2H3,(H,23,25)/b22-13-. The molecule has 25 heavy (non-hydrogen) atoms. The Hall–Kier alpha value is -3.21. The highest BCUT2D eigenvalue weighted by Gasteiger charge is 2.11. The Morgan fingerprint density at radius 1 is 1.24 bits per heavy atom. The van der Waals surface area contributed by atoms with E-state index in [1.807, 2.05) is 37.3 Å². The van der Waals surface area contributed by atoms with Gasteiger partial charge in [0.1, 0.15) is 5.82 Å². The van der Waals surface area contributed by atoms with E-state index < -0.39 is 0 Å². The van der Waals surface area contributed by atoms with Crippen LogP contribution in [-0.2, 0) is 6.54 Å². The summed E-state index contributed by atoms with van der Waals surface area (Å²) in [6.07, 6.45) is 3.48. The summed E-state index contributed by atoms with van der Waals surface area (Å²) in [6.45, 7) is 6.50. The Kier molecular flexibility index (Phi) is 4.75. The lowest BCUT2D eigenvalue weighted by molar-refractivity contribution is 0.0955. The number of aromatic nitrogens is 1. The molecule has 0 saturated carbocycles. The van der Waals surface area contributed by atoms with Crippen molar-refractivity contribution in [1.29, 1.82) is 0 Å². The van der Waals surface area contributed by atoms with E-state index in [1.165, 1.54) is 24.3 Å². The minimum atomic E-state index is -0.385. The molecule has 0 aliphatic carbocycles. The van der Waals surface area contributed by atoms with Gasteiger partial charge in [0.05, 0.1) is 6.21 Å². The van der Waals surface area contributed by atoms with Crippen LogP contribution in [0.4, 0.5) is 4.39 Å². The van der Waals surface area contributed by atoms with Crippen LogP contribution in [0.15, 0.2) is 66.3 Å². The minimum Gasteiger partial charge on any atom is -0.340 e. The molecule has 0 bridgehead atoms. The SMILES string of the molecule is C=CCn1c(C)c(/C=N\NC(=O)c2ccc(F)cc2)c2ccccc21. The summed E-state index contributed by atoms with van der Waals surface area (Å²) >= 11 is 0. The Bertz CT molecular complexity index is 955. The molecule has 1 N–H and O–H groups in total. The topological polar surface area (TPSA) is 46.4 Å². The molecule has 0 radical (unpaired) electrons. The summed E-state index contributed by atoms with van der Waals surface area (Å²) in [5.74, 6) is -0.769. The van der Waals surface area contributed by atoms with Crippen LogP contribution in [0, 0.1) is 12.7 Å². The van der Waals surface area contributed by atoms with E-state index >= 15 is 0 Å². The van der Waals surface area contributed by atoms with Crippen LogP contribution in [-0.4, -0.2) is 16.7 Å². The Labute approximate surface area is 145 Å². The summed E-state index contributed by atoms with van der Waals surface area (Å²) in [5.41, 5.74) is 5.90. The van der Waals surface area contributed by atoms with Crippen molar-refractivity contribution in [3.63, 3.8) is 0 Å². The molecule has 1 heterocycles. The molecule has 0 aliphatic rings. The first-order valence-electron chi connectivity index (χ1n) is 7.89. The summed E-state index contributed by atoms with van der Waals surface area (Å²) in [7, 11) is 0. The van der Waals surface area contributed by atoms with E-state index in [1.54, 1.807) is 6.21 Å². The number of nitrogens with zero attached hydrogens (tertiary/aromatic N) is 2. The van der Waals surface area contributed by atoms with Gasteiger partial charge in [0, 0.05) is 34.3 Å². The number of hydrazone groups is 1. The van der Waals surface area contributed by atoms with Crippen molar-refractivity contribution in [2.24, 2.45) is 5.10 Å². The van der Waals surface area contributed by atoms with Crippen molar-refractivity contribution >= 4 is 23.0 Å². The van der Waals surface area contributed by atoms with E-state index in [9.17, 15) is 9.18 Å². The van der Waals surface area contributed by atoms with E-state index in [-0.39, 0.29) is 11.7 Å². The average Bonchev–Trinajstić information content (AvgIpc) is 2.88. The second-order valence-electron chi connectivity index (χ2n) is 5.62. The van der Waals surface area contributed by atoms with E-state index in [0.717, 1.165) is 22.2 Å². The van der Waals surface area contributed by atoms with Gasteiger partial charge in [0.2, 0.25) is 0 Å². The summed E-state index contributed by atoms with van der Waals surface area (Å²) in [6, 6.07) is 13.3. The van der Waals surface area contributed by atoms with Gasteiger partial charge in [-0.1, -0.05) is 24.3 Å². The number of fused-ring (bicyclic) bond motifs is 1. The lowest BCUT2D eigenvalue weighted by Gasteiger charge is -2.04. The highest BCUT2D eigenvalue weighted by Crippen LogP contribution is 2.24. The fraction of sp³-hybridized carbons (Fsp3) is 0.100. The lowest BCUT2D eigenvalue weighted by atomic mass is 10.1. The van der Waals surface area contributed by atoms with Crippen molar-refractivity contribution in [2.45, 2.75) is 13.5 Å². The molecular weight excluding hydrogens is 317 g/mol. The van der Waals surface area contributed by atoms with Gasteiger partial charge in [-0.2, -0.15) is 5.10 Å². The molecule has 3 rings (SSSR count). The molecule has 5 heteroatoms. The van der Waals surface area contributed by atoms with Crippen LogP contribution in [0.2, 0.25) is 0 Å². The number of nitrogens with one attached hydrogen (secondary N) is 1.